The SMILES string of the molecule is COC(=O)c1ccccc1C(=O)N1CCC[C@H](CNC(=O)c2ccc(F)cc2)C1. The van der Waals surface area contributed by atoms with Gasteiger partial charge >= 0.3 is 5.97 Å². The number of hydrogen-bond donors (Lipinski definition) is 1. The Morgan fingerprint density at radius 3 is 2.48 bits per heavy atom. The Hall–Kier alpha value is -3.22. The number of piperidine rings is 1. The van der Waals surface area contributed by atoms with Gasteiger partial charge in [-0.1, -0.05) is 12.1 Å². The fourth-order valence-electron chi connectivity index (χ4n) is 3.48. The molecule has 0 saturated carbocycles. The smallest absolute Gasteiger partial charge is 0.338 e. The molecule has 0 aromatic heterocycles. The van der Waals surface area contributed by atoms with E-state index in [1.54, 1.807) is 29.2 Å². The molecule has 29 heavy (non-hydrogen) atoms. The van der Waals surface area contributed by atoms with Gasteiger partial charge in [-0.2, -0.15) is 0 Å². The number of nitrogens with one attached hydrogen (secondary N) is 1. The van der Waals surface area contributed by atoms with Crippen LogP contribution >= 0.6 is 0 Å². The molecule has 2 aromatic rings. The summed E-state index contributed by atoms with van der Waals surface area (Å²) in [6.45, 7) is 1.49. The van der Waals surface area contributed by atoms with E-state index in [0.717, 1.165) is 12.8 Å². The van der Waals surface area contributed by atoms with Crippen LogP contribution in [0.3, 0.4) is 0 Å². The molecule has 0 aliphatic carbocycles. The highest BCUT2D eigenvalue weighted by atomic mass is 19.1. The maximum atomic E-state index is 13.0. The summed E-state index contributed by atoms with van der Waals surface area (Å²) in [6, 6.07) is 12.0. The molecule has 7 heteroatoms. The molecule has 1 aliphatic heterocycles. The van der Waals surface area contributed by atoms with Crippen LogP contribution in [-0.2, 0) is 4.74 Å². The van der Waals surface area contributed by atoms with Crippen LogP contribution in [0.25, 0.3) is 0 Å². The minimum atomic E-state index is -0.547. The molecule has 2 amide bonds. The lowest BCUT2D eigenvalue weighted by molar-refractivity contribution is 0.0580. The van der Waals surface area contributed by atoms with Crippen molar-refractivity contribution in [2.75, 3.05) is 26.7 Å². The quantitative estimate of drug-likeness (QED) is 0.786. The van der Waals surface area contributed by atoms with E-state index in [9.17, 15) is 18.8 Å². The zero-order valence-corrected chi connectivity index (χ0v) is 16.2. The van der Waals surface area contributed by atoms with Crippen LogP contribution < -0.4 is 5.32 Å². The van der Waals surface area contributed by atoms with Gasteiger partial charge in [0.15, 0.2) is 0 Å². The summed E-state index contributed by atoms with van der Waals surface area (Å²) in [6.07, 6.45) is 1.69. The van der Waals surface area contributed by atoms with Gasteiger partial charge in [-0.25, -0.2) is 9.18 Å². The number of carbonyl (C=O) groups is 3. The van der Waals surface area contributed by atoms with Gasteiger partial charge in [0.25, 0.3) is 11.8 Å². The monoisotopic (exact) mass is 398 g/mol. The zero-order valence-electron chi connectivity index (χ0n) is 16.2. The minimum absolute atomic E-state index is 0.0994. The molecule has 0 radical (unpaired) electrons. The molecule has 1 aliphatic rings. The van der Waals surface area contributed by atoms with Gasteiger partial charge in [0.05, 0.1) is 18.2 Å². The van der Waals surface area contributed by atoms with E-state index in [1.807, 2.05) is 0 Å². The van der Waals surface area contributed by atoms with Gasteiger partial charge in [0.2, 0.25) is 0 Å². The highest BCUT2D eigenvalue weighted by Crippen LogP contribution is 2.20. The maximum Gasteiger partial charge on any atom is 0.338 e. The summed E-state index contributed by atoms with van der Waals surface area (Å²) in [5, 5.41) is 2.85. The van der Waals surface area contributed by atoms with Crippen molar-refractivity contribution in [3.05, 3.63) is 71.0 Å². The first kappa shape index (κ1) is 20.5. The molecular weight excluding hydrogens is 375 g/mol. The van der Waals surface area contributed by atoms with Gasteiger partial charge in [0.1, 0.15) is 5.82 Å². The summed E-state index contributed by atoms with van der Waals surface area (Å²) in [5.41, 5.74) is 0.948. The highest BCUT2D eigenvalue weighted by Gasteiger charge is 2.27. The molecule has 1 atom stereocenters. The number of likely N-dealkylation sites (tertiary alicyclic amines) is 1. The van der Waals surface area contributed by atoms with Gasteiger partial charge in [-0.3, -0.25) is 9.59 Å². The Balaban J connectivity index is 1.62. The van der Waals surface area contributed by atoms with Crippen LogP contribution in [0.1, 0.15) is 43.9 Å². The second-order valence-electron chi connectivity index (χ2n) is 7.01. The first-order chi connectivity index (χ1) is 14.0. The first-order valence-electron chi connectivity index (χ1n) is 9.50. The van der Waals surface area contributed by atoms with E-state index in [-0.39, 0.29) is 23.3 Å². The van der Waals surface area contributed by atoms with Crippen molar-refractivity contribution in [3.63, 3.8) is 0 Å². The van der Waals surface area contributed by atoms with Crippen molar-refractivity contribution < 1.29 is 23.5 Å². The average Bonchev–Trinajstić information content (AvgIpc) is 2.77. The fraction of sp³-hybridized carbons (Fsp3) is 0.318. The number of methoxy groups -OCH3 is 1. The lowest BCUT2D eigenvalue weighted by Crippen LogP contribution is -2.44. The zero-order chi connectivity index (χ0) is 20.8. The molecular formula is C22H23FN2O4. The van der Waals surface area contributed by atoms with Crippen molar-refractivity contribution in [2.45, 2.75) is 12.8 Å². The number of halogens is 1. The predicted octanol–water partition coefficient (Wildman–Crippen LogP) is 2.89. The molecule has 0 bridgehead atoms. The van der Waals surface area contributed by atoms with E-state index in [0.29, 0.717) is 30.8 Å². The van der Waals surface area contributed by atoms with Crippen molar-refractivity contribution in [2.24, 2.45) is 5.92 Å². The number of carbonyl (C=O) groups excluding carboxylic acids is 3. The van der Waals surface area contributed by atoms with Crippen molar-refractivity contribution in [3.8, 4) is 0 Å². The summed E-state index contributed by atoms with van der Waals surface area (Å²) < 4.78 is 17.8. The minimum Gasteiger partial charge on any atom is -0.465 e. The standard InChI is InChI=1S/C22H23FN2O4/c1-29-22(28)19-7-3-2-6-18(19)21(27)25-12-4-5-15(14-25)13-24-20(26)16-8-10-17(23)11-9-16/h2-3,6-11,15H,4-5,12-14H2,1H3,(H,24,26)/t15-/m1/s1. The molecule has 1 N–H and O–H groups in total. The first-order valence-corrected chi connectivity index (χ1v) is 9.50. The lowest BCUT2D eigenvalue weighted by Gasteiger charge is -2.33. The lowest BCUT2D eigenvalue weighted by atomic mass is 9.96. The molecule has 0 unspecified atom stereocenters. The number of ether oxygens (including phenoxy) is 1. The second kappa shape index (κ2) is 9.32. The normalized spacial score (nSPS) is 16.2. The maximum absolute atomic E-state index is 13.0. The summed E-state index contributed by atoms with van der Waals surface area (Å²) >= 11 is 0. The predicted molar refractivity (Wildman–Crippen MR) is 105 cm³/mol. The number of amides is 2. The Kier molecular flexibility index (Phi) is 6.59. The van der Waals surface area contributed by atoms with E-state index < -0.39 is 11.8 Å². The molecule has 0 spiro atoms. The van der Waals surface area contributed by atoms with Crippen LogP contribution in [0.2, 0.25) is 0 Å². The molecule has 6 nitrogen and oxygen atoms in total. The third-order valence-corrected chi connectivity index (χ3v) is 5.03. The van der Waals surface area contributed by atoms with E-state index in [1.165, 1.54) is 31.4 Å². The van der Waals surface area contributed by atoms with Crippen molar-refractivity contribution >= 4 is 17.8 Å². The summed E-state index contributed by atoms with van der Waals surface area (Å²) in [5.74, 6) is -1.34. The topological polar surface area (TPSA) is 75.7 Å². The third kappa shape index (κ3) is 4.99. The van der Waals surface area contributed by atoms with Gasteiger partial charge in [-0.15, -0.1) is 0 Å². The molecule has 1 saturated heterocycles. The molecule has 152 valence electrons. The Bertz CT molecular complexity index is 898. The van der Waals surface area contributed by atoms with Crippen molar-refractivity contribution in [1.29, 1.82) is 0 Å². The second-order valence-corrected chi connectivity index (χ2v) is 7.01. The Morgan fingerprint density at radius 1 is 1.10 bits per heavy atom. The largest absolute Gasteiger partial charge is 0.465 e. The number of rotatable bonds is 5. The van der Waals surface area contributed by atoms with Crippen LogP contribution in [0, 0.1) is 11.7 Å². The van der Waals surface area contributed by atoms with Crippen LogP contribution in [0.5, 0.6) is 0 Å². The number of nitrogens with zero attached hydrogens (tertiary/aromatic N) is 1. The highest BCUT2D eigenvalue weighted by molar-refractivity contribution is 6.05. The van der Waals surface area contributed by atoms with E-state index >= 15 is 0 Å². The van der Waals surface area contributed by atoms with Gasteiger partial charge < -0.3 is 15.0 Å². The third-order valence-electron chi connectivity index (χ3n) is 5.03. The van der Waals surface area contributed by atoms with Gasteiger partial charge in [0, 0.05) is 25.2 Å². The average molecular weight is 398 g/mol. The van der Waals surface area contributed by atoms with Crippen molar-refractivity contribution in [1.82, 2.24) is 10.2 Å². The van der Waals surface area contributed by atoms with E-state index in [4.69, 9.17) is 4.74 Å². The molecule has 2 aromatic carbocycles. The fourth-order valence-corrected chi connectivity index (χ4v) is 3.48. The van der Waals surface area contributed by atoms with E-state index in [2.05, 4.69) is 5.32 Å². The van der Waals surface area contributed by atoms with Crippen LogP contribution in [-0.4, -0.2) is 49.4 Å². The van der Waals surface area contributed by atoms with Gasteiger partial charge in [-0.05, 0) is 55.2 Å². The molecule has 1 fully saturated rings. The van der Waals surface area contributed by atoms with Crippen LogP contribution in [0.4, 0.5) is 4.39 Å². The summed E-state index contributed by atoms with van der Waals surface area (Å²) in [7, 11) is 1.28. The number of benzene rings is 2. The Morgan fingerprint density at radius 2 is 1.79 bits per heavy atom. The summed E-state index contributed by atoms with van der Waals surface area (Å²) in [4.78, 5) is 38.9. The molecule has 3 rings (SSSR count). The number of esters is 1. The molecule has 1 heterocycles. The van der Waals surface area contributed by atoms with Crippen LogP contribution in [0.15, 0.2) is 48.5 Å². The number of hydrogen-bond acceptors (Lipinski definition) is 4. The Labute approximate surface area is 168 Å².